The minimum atomic E-state index is -1.00. The van der Waals surface area contributed by atoms with Crippen LogP contribution in [0.3, 0.4) is 0 Å². The van der Waals surface area contributed by atoms with Gasteiger partial charge in [-0.05, 0) is 12.0 Å². The number of thioether (sulfide) groups is 1. The van der Waals surface area contributed by atoms with Crippen LogP contribution in [0.15, 0.2) is 17.3 Å². The predicted molar refractivity (Wildman–Crippen MR) is 61.2 cm³/mol. The van der Waals surface area contributed by atoms with Gasteiger partial charge in [0.25, 0.3) is 0 Å². The predicted octanol–water partition coefficient (Wildman–Crippen LogP) is 2.11. The first-order chi connectivity index (χ1) is 7.00. The Bertz CT molecular complexity index is 366. The maximum absolute atomic E-state index is 10.6. The van der Waals surface area contributed by atoms with Gasteiger partial charge < -0.3 is 10.8 Å². The molecular weight excluding hydrogens is 212 g/mol. The second kappa shape index (κ2) is 5.02. The monoisotopic (exact) mass is 226 g/mol. The van der Waals surface area contributed by atoms with Gasteiger partial charge in [0, 0.05) is 11.9 Å². The van der Waals surface area contributed by atoms with E-state index in [4.69, 9.17) is 10.8 Å². The zero-order valence-electron chi connectivity index (χ0n) is 8.73. The number of carboxylic acids is 1. The summed E-state index contributed by atoms with van der Waals surface area (Å²) in [5.74, 6) is 0.467. The van der Waals surface area contributed by atoms with E-state index in [9.17, 15) is 4.79 Å². The molecule has 82 valence electrons. The van der Waals surface area contributed by atoms with Crippen LogP contribution in [-0.4, -0.2) is 21.8 Å². The molecule has 0 saturated heterocycles. The Kier molecular flexibility index (Phi) is 3.96. The van der Waals surface area contributed by atoms with Gasteiger partial charge in [-0.1, -0.05) is 13.8 Å². The molecule has 3 N–H and O–H groups in total. The van der Waals surface area contributed by atoms with Crippen LogP contribution in [0.5, 0.6) is 0 Å². The molecule has 1 rings (SSSR count). The molecule has 0 spiro atoms. The Morgan fingerprint density at radius 2 is 2.33 bits per heavy atom. The number of aromatic carboxylic acids is 1. The van der Waals surface area contributed by atoms with Crippen molar-refractivity contribution < 1.29 is 9.90 Å². The van der Waals surface area contributed by atoms with E-state index in [1.807, 2.05) is 0 Å². The van der Waals surface area contributed by atoms with Gasteiger partial charge in [-0.2, -0.15) is 0 Å². The fraction of sp³-hybridized carbons (Fsp3) is 0.400. The van der Waals surface area contributed by atoms with Crippen LogP contribution in [0, 0.1) is 5.92 Å². The molecule has 0 aliphatic carbocycles. The van der Waals surface area contributed by atoms with E-state index < -0.39 is 5.97 Å². The molecular formula is C10H14N2O2S. The van der Waals surface area contributed by atoms with E-state index in [1.54, 1.807) is 11.8 Å². The third-order valence-electron chi connectivity index (χ3n) is 1.68. The van der Waals surface area contributed by atoms with Gasteiger partial charge >= 0.3 is 5.97 Å². The van der Waals surface area contributed by atoms with E-state index in [1.165, 1.54) is 12.3 Å². The summed E-state index contributed by atoms with van der Waals surface area (Å²) in [4.78, 5) is 14.7. The van der Waals surface area contributed by atoms with Crippen molar-refractivity contribution in [3.8, 4) is 0 Å². The van der Waals surface area contributed by atoms with Crippen molar-refractivity contribution in [2.75, 3.05) is 11.5 Å². The van der Waals surface area contributed by atoms with Crippen molar-refractivity contribution in [2.24, 2.45) is 5.92 Å². The molecule has 0 amide bonds. The number of hydrogen-bond donors (Lipinski definition) is 2. The number of nitrogens with two attached hydrogens (primary N) is 1. The van der Waals surface area contributed by atoms with Crippen LogP contribution in [0.2, 0.25) is 0 Å². The quantitative estimate of drug-likeness (QED) is 0.769. The summed E-state index contributed by atoms with van der Waals surface area (Å²) in [5, 5.41) is 9.42. The van der Waals surface area contributed by atoms with Gasteiger partial charge in [-0.25, -0.2) is 9.78 Å². The number of hydrogen-bond acceptors (Lipinski definition) is 4. The summed E-state index contributed by atoms with van der Waals surface area (Å²) in [7, 11) is 0. The lowest BCUT2D eigenvalue weighted by molar-refractivity contribution is 0.0696. The summed E-state index contributed by atoms with van der Waals surface area (Å²) in [6, 6.07) is 1.44. The van der Waals surface area contributed by atoms with Gasteiger partial charge in [0.05, 0.1) is 11.3 Å². The van der Waals surface area contributed by atoms with Gasteiger partial charge in [0.15, 0.2) is 0 Å². The number of pyridine rings is 1. The second-order valence-corrected chi connectivity index (χ2v) is 4.64. The fourth-order valence-corrected chi connectivity index (χ4v) is 1.80. The Balaban J connectivity index is 2.79. The van der Waals surface area contributed by atoms with Crippen molar-refractivity contribution in [3.05, 3.63) is 17.8 Å². The Morgan fingerprint density at radius 1 is 1.67 bits per heavy atom. The molecule has 1 heterocycles. The number of carbonyl (C=O) groups is 1. The van der Waals surface area contributed by atoms with Crippen LogP contribution in [0.4, 0.5) is 5.69 Å². The summed E-state index contributed by atoms with van der Waals surface area (Å²) >= 11 is 1.55. The van der Waals surface area contributed by atoms with Crippen LogP contribution in [0.1, 0.15) is 24.2 Å². The topological polar surface area (TPSA) is 76.2 Å². The minimum absolute atomic E-state index is 0.126. The molecule has 5 heteroatoms. The van der Waals surface area contributed by atoms with Crippen LogP contribution >= 0.6 is 11.8 Å². The average Bonchev–Trinajstić information content (AvgIpc) is 2.15. The van der Waals surface area contributed by atoms with Gasteiger partial charge in [-0.15, -0.1) is 11.8 Å². The van der Waals surface area contributed by atoms with E-state index in [2.05, 4.69) is 18.8 Å². The maximum atomic E-state index is 10.6. The molecule has 0 unspecified atom stereocenters. The lowest BCUT2D eigenvalue weighted by atomic mass is 10.3. The van der Waals surface area contributed by atoms with Crippen molar-refractivity contribution in [1.82, 2.24) is 4.98 Å². The molecule has 0 aliphatic heterocycles. The minimum Gasteiger partial charge on any atom is -0.478 e. The molecule has 0 fully saturated rings. The first kappa shape index (κ1) is 11.8. The largest absolute Gasteiger partial charge is 0.478 e. The maximum Gasteiger partial charge on any atom is 0.337 e. The lowest BCUT2D eigenvalue weighted by Gasteiger charge is -2.06. The van der Waals surface area contributed by atoms with Crippen LogP contribution in [0.25, 0.3) is 0 Å². The SMILES string of the molecule is CC(C)CSc1ncc(C(=O)O)cc1N. The van der Waals surface area contributed by atoms with Crippen molar-refractivity contribution in [1.29, 1.82) is 0 Å². The fourth-order valence-electron chi connectivity index (χ4n) is 0.952. The van der Waals surface area contributed by atoms with E-state index >= 15 is 0 Å². The van der Waals surface area contributed by atoms with Crippen molar-refractivity contribution in [2.45, 2.75) is 18.9 Å². The highest BCUT2D eigenvalue weighted by molar-refractivity contribution is 7.99. The molecule has 0 atom stereocenters. The van der Waals surface area contributed by atoms with Gasteiger partial charge in [0.1, 0.15) is 5.03 Å². The highest BCUT2D eigenvalue weighted by Gasteiger charge is 2.08. The number of carboxylic acid groups (broad SMARTS) is 1. The molecule has 0 saturated carbocycles. The van der Waals surface area contributed by atoms with Crippen molar-refractivity contribution in [3.63, 3.8) is 0 Å². The Hall–Kier alpha value is -1.23. The number of aromatic nitrogens is 1. The number of nitrogen functional groups attached to an aromatic ring is 1. The van der Waals surface area contributed by atoms with E-state index in [-0.39, 0.29) is 5.56 Å². The summed E-state index contributed by atoms with van der Waals surface area (Å²) in [6.45, 7) is 4.21. The molecule has 1 aromatic heterocycles. The van der Waals surface area contributed by atoms with Crippen LogP contribution < -0.4 is 5.73 Å². The number of anilines is 1. The highest BCUT2D eigenvalue weighted by atomic mass is 32.2. The standard InChI is InChI=1S/C10H14N2O2S/c1-6(2)5-15-9-8(11)3-7(4-12-9)10(13)14/h3-4,6H,5,11H2,1-2H3,(H,13,14). The zero-order chi connectivity index (χ0) is 11.4. The second-order valence-electron chi connectivity index (χ2n) is 3.63. The molecule has 0 aromatic carbocycles. The average molecular weight is 226 g/mol. The van der Waals surface area contributed by atoms with Gasteiger partial charge in [-0.3, -0.25) is 0 Å². The smallest absolute Gasteiger partial charge is 0.337 e. The first-order valence-electron chi connectivity index (χ1n) is 4.62. The Labute approximate surface area is 92.9 Å². The first-order valence-corrected chi connectivity index (χ1v) is 5.61. The van der Waals surface area contributed by atoms with E-state index in [0.29, 0.717) is 16.6 Å². The summed E-state index contributed by atoms with van der Waals surface area (Å²) in [5.41, 5.74) is 6.26. The molecule has 0 bridgehead atoms. The number of rotatable bonds is 4. The summed E-state index contributed by atoms with van der Waals surface area (Å²) in [6.07, 6.45) is 1.33. The summed E-state index contributed by atoms with van der Waals surface area (Å²) < 4.78 is 0. The lowest BCUT2D eigenvalue weighted by Crippen LogP contribution is -2.02. The zero-order valence-corrected chi connectivity index (χ0v) is 9.54. The molecule has 1 aromatic rings. The number of nitrogens with zero attached hydrogens (tertiary/aromatic N) is 1. The molecule has 0 radical (unpaired) electrons. The Morgan fingerprint density at radius 3 is 2.80 bits per heavy atom. The highest BCUT2D eigenvalue weighted by Crippen LogP contribution is 2.24. The third kappa shape index (κ3) is 3.43. The molecule has 0 aliphatic rings. The third-order valence-corrected chi connectivity index (χ3v) is 3.13. The molecule has 15 heavy (non-hydrogen) atoms. The van der Waals surface area contributed by atoms with Gasteiger partial charge in [0.2, 0.25) is 0 Å². The van der Waals surface area contributed by atoms with Crippen molar-refractivity contribution >= 4 is 23.4 Å². The van der Waals surface area contributed by atoms with Crippen LogP contribution in [-0.2, 0) is 0 Å². The van der Waals surface area contributed by atoms with E-state index in [0.717, 1.165) is 5.75 Å². The normalized spacial score (nSPS) is 10.6. The molecule has 4 nitrogen and oxygen atoms in total.